The molecule has 0 aliphatic rings. The van der Waals surface area contributed by atoms with Crippen LogP contribution < -0.4 is 10.6 Å². The molecule has 6 heteroatoms. The third-order valence-electron chi connectivity index (χ3n) is 3.84. The maximum Gasteiger partial charge on any atom is 0.253 e. The second-order valence-electron chi connectivity index (χ2n) is 6.18. The first-order valence-electron chi connectivity index (χ1n) is 8.89. The lowest BCUT2D eigenvalue weighted by molar-refractivity contribution is -0.113. The first kappa shape index (κ1) is 21.0. The average Bonchev–Trinajstić information content (AvgIpc) is 2.65. The molecule has 0 fully saturated rings. The molecule has 0 heterocycles. The molecule has 0 saturated heterocycles. The van der Waals surface area contributed by atoms with Crippen molar-refractivity contribution < 1.29 is 14.3 Å². The summed E-state index contributed by atoms with van der Waals surface area (Å²) in [7, 11) is 1.63. The largest absolute Gasteiger partial charge is 0.385 e. The fourth-order valence-corrected chi connectivity index (χ4v) is 3.33. The van der Waals surface area contributed by atoms with Crippen LogP contribution in [0.1, 0.15) is 27.9 Å². The molecule has 0 atom stereocenters. The minimum absolute atomic E-state index is 0.118. The van der Waals surface area contributed by atoms with E-state index in [1.807, 2.05) is 6.07 Å². The molecule has 0 radical (unpaired) electrons. The molecule has 2 rings (SSSR count). The molecule has 0 aromatic heterocycles. The first-order valence-corrected chi connectivity index (χ1v) is 10.0. The van der Waals surface area contributed by atoms with Crippen LogP contribution in [0.3, 0.4) is 0 Å². The second kappa shape index (κ2) is 11.4. The highest BCUT2D eigenvalue weighted by molar-refractivity contribution is 7.99. The van der Waals surface area contributed by atoms with E-state index in [2.05, 4.69) is 35.8 Å². The lowest BCUT2D eigenvalue weighted by Gasteiger charge is -2.11. The number of ether oxygens (including phenoxy) is 1. The quantitative estimate of drug-likeness (QED) is 0.612. The molecule has 2 N–H and O–H groups in total. The van der Waals surface area contributed by atoms with Gasteiger partial charge in [0.2, 0.25) is 5.91 Å². The second-order valence-corrected chi connectivity index (χ2v) is 7.16. The van der Waals surface area contributed by atoms with Gasteiger partial charge in [-0.05, 0) is 31.0 Å². The Morgan fingerprint density at radius 2 is 1.93 bits per heavy atom. The molecule has 0 unspecified atom stereocenters. The number of carbonyl (C=O) groups excluding carboxylic acids is 2. The van der Waals surface area contributed by atoms with Crippen LogP contribution in [0, 0.1) is 6.92 Å². The Kier molecular flexibility index (Phi) is 8.87. The first-order chi connectivity index (χ1) is 13.1. The van der Waals surface area contributed by atoms with Crippen LogP contribution in [0.4, 0.5) is 5.69 Å². The summed E-state index contributed by atoms with van der Waals surface area (Å²) in [6, 6.07) is 15.3. The number of benzene rings is 2. The summed E-state index contributed by atoms with van der Waals surface area (Å²) in [4.78, 5) is 24.6. The topological polar surface area (TPSA) is 67.4 Å². The van der Waals surface area contributed by atoms with Crippen molar-refractivity contribution >= 4 is 29.3 Å². The summed E-state index contributed by atoms with van der Waals surface area (Å²) in [5.74, 6) is 0.788. The normalized spacial score (nSPS) is 10.4. The van der Waals surface area contributed by atoms with Gasteiger partial charge in [-0.3, -0.25) is 9.59 Å². The van der Waals surface area contributed by atoms with Gasteiger partial charge in [-0.2, -0.15) is 0 Å². The molecular formula is C21H26N2O3S. The van der Waals surface area contributed by atoms with Gasteiger partial charge in [0, 0.05) is 26.0 Å². The van der Waals surface area contributed by atoms with Crippen molar-refractivity contribution in [2.24, 2.45) is 0 Å². The minimum Gasteiger partial charge on any atom is -0.385 e. The number of amides is 2. The van der Waals surface area contributed by atoms with Crippen LogP contribution in [0.2, 0.25) is 0 Å². The Morgan fingerprint density at radius 1 is 1.11 bits per heavy atom. The van der Waals surface area contributed by atoms with E-state index in [0.29, 0.717) is 30.2 Å². The molecule has 2 amide bonds. The summed E-state index contributed by atoms with van der Waals surface area (Å²) in [5.41, 5.74) is 3.40. The maximum atomic E-state index is 12.3. The Hall–Kier alpha value is -2.31. The highest BCUT2D eigenvalue weighted by Crippen LogP contribution is 2.17. The van der Waals surface area contributed by atoms with Gasteiger partial charge in [0.1, 0.15) is 0 Å². The van der Waals surface area contributed by atoms with E-state index in [1.165, 1.54) is 11.1 Å². The lowest BCUT2D eigenvalue weighted by Crippen LogP contribution is -2.27. The van der Waals surface area contributed by atoms with Gasteiger partial charge >= 0.3 is 0 Å². The summed E-state index contributed by atoms with van der Waals surface area (Å²) in [5, 5.41) is 5.69. The number of carbonyl (C=O) groups is 2. The van der Waals surface area contributed by atoms with E-state index in [1.54, 1.807) is 43.1 Å². The van der Waals surface area contributed by atoms with E-state index in [0.717, 1.165) is 12.2 Å². The van der Waals surface area contributed by atoms with Gasteiger partial charge in [0.05, 0.1) is 17.0 Å². The Morgan fingerprint density at radius 3 is 2.70 bits per heavy atom. The number of aryl methyl sites for hydroxylation is 1. The smallest absolute Gasteiger partial charge is 0.253 e. The van der Waals surface area contributed by atoms with Gasteiger partial charge in [0.25, 0.3) is 5.91 Å². The van der Waals surface area contributed by atoms with Crippen molar-refractivity contribution in [1.82, 2.24) is 5.32 Å². The van der Waals surface area contributed by atoms with Crippen molar-refractivity contribution in [3.8, 4) is 0 Å². The predicted molar refractivity (Wildman–Crippen MR) is 111 cm³/mol. The number of hydrogen-bond acceptors (Lipinski definition) is 4. The fraction of sp³-hybridized carbons (Fsp3) is 0.333. The summed E-state index contributed by atoms with van der Waals surface area (Å²) >= 11 is 1.55. The zero-order valence-electron chi connectivity index (χ0n) is 15.8. The number of thioether (sulfide) groups is 1. The molecule has 0 saturated carbocycles. The average molecular weight is 387 g/mol. The van der Waals surface area contributed by atoms with Crippen LogP contribution in [0.25, 0.3) is 0 Å². The third kappa shape index (κ3) is 7.45. The number of nitrogens with one attached hydrogen (secondary N) is 2. The van der Waals surface area contributed by atoms with Gasteiger partial charge in [-0.1, -0.05) is 42.0 Å². The van der Waals surface area contributed by atoms with Crippen LogP contribution in [-0.2, 0) is 15.3 Å². The fourth-order valence-electron chi connectivity index (χ4n) is 2.55. The monoisotopic (exact) mass is 386 g/mol. The zero-order chi connectivity index (χ0) is 19.5. The van der Waals surface area contributed by atoms with E-state index in [4.69, 9.17) is 4.74 Å². The zero-order valence-corrected chi connectivity index (χ0v) is 16.6. The SMILES string of the molecule is COCCCNC(=O)c1ccccc1NC(=O)CSCc1cccc(C)c1. The summed E-state index contributed by atoms with van der Waals surface area (Å²) < 4.78 is 4.97. The van der Waals surface area contributed by atoms with Gasteiger partial charge < -0.3 is 15.4 Å². The molecule has 0 aliphatic heterocycles. The molecule has 0 spiro atoms. The van der Waals surface area contributed by atoms with Crippen LogP contribution in [-0.4, -0.2) is 37.8 Å². The van der Waals surface area contributed by atoms with Crippen molar-refractivity contribution in [3.05, 3.63) is 65.2 Å². The van der Waals surface area contributed by atoms with Crippen LogP contribution in [0.5, 0.6) is 0 Å². The van der Waals surface area contributed by atoms with E-state index in [-0.39, 0.29) is 11.8 Å². The predicted octanol–water partition coefficient (Wildman–Crippen LogP) is 3.63. The number of anilines is 1. The Labute approximate surface area is 164 Å². The Bertz CT molecular complexity index is 765. The van der Waals surface area contributed by atoms with Gasteiger partial charge in [-0.25, -0.2) is 0 Å². The van der Waals surface area contributed by atoms with Crippen molar-refractivity contribution in [2.45, 2.75) is 19.1 Å². The summed E-state index contributed by atoms with van der Waals surface area (Å²) in [6.07, 6.45) is 0.742. The lowest BCUT2D eigenvalue weighted by atomic mass is 10.1. The molecular weight excluding hydrogens is 360 g/mol. The van der Waals surface area contributed by atoms with Gasteiger partial charge in [0.15, 0.2) is 0 Å². The highest BCUT2D eigenvalue weighted by Gasteiger charge is 2.12. The van der Waals surface area contributed by atoms with Crippen LogP contribution >= 0.6 is 11.8 Å². The van der Waals surface area contributed by atoms with Crippen molar-refractivity contribution in [2.75, 3.05) is 31.3 Å². The molecule has 144 valence electrons. The molecule has 2 aromatic rings. The molecule has 0 aliphatic carbocycles. The highest BCUT2D eigenvalue weighted by atomic mass is 32.2. The molecule has 2 aromatic carbocycles. The van der Waals surface area contributed by atoms with Crippen LogP contribution in [0.15, 0.2) is 48.5 Å². The van der Waals surface area contributed by atoms with E-state index < -0.39 is 0 Å². The number of methoxy groups -OCH3 is 1. The standard InChI is InChI=1S/C21H26N2O3S/c1-16-7-5-8-17(13-16)14-27-15-20(24)23-19-10-4-3-9-18(19)21(25)22-11-6-12-26-2/h3-5,7-10,13H,6,11-12,14-15H2,1-2H3,(H,22,25)(H,23,24). The maximum absolute atomic E-state index is 12.3. The molecule has 5 nitrogen and oxygen atoms in total. The molecule has 27 heavy (non-hydrogen) atoms. The Balaban J connectivity index is 1.85. The van der Waals surface area contributed by atoms with Gasteiger partial charge in [-0.15, -0.1) is 11.8 Å². The molecule has 0 bridgehead atoms. The number of hydrogen-bond donors (Lipinski definition) is 2. The minimum atomic E-state index is -0.200. The number of para-hydroxylation sites is 1. The van der Waals surface area contributed by atoms with E-state index >= 15 is 0 Å². The van der Waals surface area contributed by atoms with Crippen molar-refractivity contribution in [3.63, 3.8) is 0 Å². The van der Waals surface area contributed by atoms with Crippen molar-refractivity contribution in [1.29, 1.82) is 0 Å². The van der Waals surface area contributed by atoms with E-state index in [9.17, 15) is 9.59 Å². The number of rotatable bonds is 10. The summed E-state index contributed by atoms with van der Waals surface area (Å²) in [6.45, 7) is 3.18. The third-order valence-corrected chi connectivity index (χ3v) is 4.84.